The molecule has 1 atom stereocenters. The Balaban J connectivity index is 2.42. The van der Waals surface area contributed by atoms with Crippen molar-refractivity contribution in [3.63, 3.8) is 0 Å². The fourth-order valence-electron chi connectivity index (χ4n) is 1.81. The van der Waals surface area contributed by atoms with Gasteiger partial charge < -0.3 is 5.11 Å². The molecule has 7 nitrogen and oxygen atoms in total. The molecule has 1 unspecified atom stereocenters. The largest absolute Gasteiger partial charge is 0.394 e. The number of nitrogens with zero attached hydrogens (tertiary/aromatic N) is 2. The number of hydrogen-bond acceptors (Lipinski definition) is 5. The molecule has 0 aromatic carbocycles. The van der Waals surface area contributed by atoms with Crippen LogP contribution >= 0.6 is 0 Å². The predicted octanol–water partition coefficient (Wildman–Crippen LogP) is -1.08. The van der Waals surface area contributed by atoms with Crippen LogP contribution in [-0.2, 0) is 4.84 Å². The van der Waals surface area contributed by atoms with E-state index in [4.69, 9.17) is 4.84 Å². The van der Waals surface area contributed by atoms with Crippen molar-refractivity contribution in [2.75, 3.05) is 20.3 Å². The molecule has 0 aliphatic carbocycles. The van der Waals surface area contributed by atoms with E-state index >= 15 is 0 Å². The van der Waals surface area contributed by atoms with E-state index in [2.05, 4.69) is 4.98 Å². The van der Waals surface area contributed by atoms with Crippen molar-refractivity contribution in [3.8, 4) is 0 Å². The molecule has 0 bridgehead atoms. The van der Waals surface area contributed by atoms with Crippen LogP contribution < -0.4 is 11.2 Å². The van der Waals surface area contributed by atoms with Crippen LogP contribution in [0, 0.1) is 6.92 Å². The van der Waals surface area contributed by atoms with Gasteiger partial charge in [0.25, 0.3) is 5.56 Å². The minimum atomic E-state index is -0.510. The monoisotopic (exact) mass is 253 g/mol. The quantitative estimate of drug-likeness (QED) is 0.700. The highest BCUT2D eigenvalue weighted by molar-refractivity contribution is 5.36. The summed E-state index contributed by atoms with van der Waals surface area (Å²) in [5, 5.41) is 10.8. The number of aryl methyl sites for hydroxylation is 1. The van der Waals surface area contributed by atoms with Gasteiger partial charge in [0.1, 0.15) is 0 Å². The lowest BCUT2D eigenvalue weighted by molar-refractivity contribution is -0.116. The lowest BCUT2D eigenvalue weighted by atomic mass is 10.1. The minimum Gasteiger partial charge on any atom is -0.394 e. The smallest absolute Gasteiger partial charge is 0.332 e. The molecule has 1 saturated heterocycles. The van der Waals surface area contributed by atoms with E-state index in [1.54, 1.807) is 20.2 Å². The first-order chi connectivity index (χ1) is 8.52. The maximum atomic E-state index is 11.6. The third-order valence-electron chi connectivity index (χ3n) is 2.93. The standard InChI is InChI=1S/C11H15N3O4/c1-7-3-14(11(17)12-10(7)16)4-8-6-18-13(2)9(8)5-15/h3-4,9,15H,5-6H2,1-2H3,(H,12,16,17)/b8-4+. The Morgan fingerprint density at radius 2 is 2.33 bits per heavy atom. The molecular weight excluding hydrogens is 238 g/mol. The normalized spacial score (nSPS) is 22.8. The van der Waals surface area contributed by atoms with Crippen LogP contribution in [0.5, 0.6) is 0 Å². The Kier molecular flexibility index (Phi) is 3.46. The zero-order chi connectivity index (χ0) is 13.3. The third-order valence-corrected chi connectivity index (χ3v) is 2.93. The Hall–Kier alpha value is -1.70. The summed E-state index contributed by atoms with van der Waals surface area (Å²) in [5.74, 6) is 0. The number of likely N-dealkylation sites (N-methyl/N-ethyl adjacent to an activating group) is 1. The lowest BCUT2D eigenvalue weighted by Gasteiger charge is -2.15. The number of aromatic amines is 1. The Labute approximate surface area is 103 Å². The molecule has 2 rings (SSSR count). The van der Waals surface area contributed by atoms with Crippen LogP contribution in [0.2, 0.25) is 0 Å². The number of aliphatic hydroxyl groups excluding tert-OH is 1. The second-order valence-corrected chi connectivity index (χ2v) is 4.20. The van der Waals surface area contributed by atoms with Gasteiger partial charge in [-0.1, -0.05) is 0 Å². The van der Waals surface area contributed by atoms with Gasteiger partial charge in [-0.25, -0.2) is 4.79 Å². The van der Waals surface area contributed by atoms with Gasteiger partial charge >= 0.3 is 5.69 Å². The molecule has 0 amide bonds. The number of hydroxylamine groups is 2. The average molecular weight is 253 g/mol. The van der Waals surface area contributed by atoms with Crippen molar-refractivity contribution in [2.45, 2.75) is 13.0 Å². The van der Waals surface area contributed by atoms with Gasteiger partial charge in [0.2, 0.25) is 0 Å². The van der Waals surface area contributed by atoms with Crippen LogP contribution in [0.4, 0.5) is 0 Å². The molecule has 1 fully saturated rings. The molecule has 1 aromatic heterocycles. The topological polar surface area (TPSA) is 87.6 Å². The minimum absolute atomic E-state index is 0.0978. The summed E-state index contributed by atoms with van der Waals surface area (Å²) in [6, 6.07) is -0.274. The maximum absolute atomic E-state index is 11.6. The molecule has 0 saturated carbocycles. The molecule has 2 heterocycles. The van der Waals surface area contributed by atoms with E-state index in [0.29, 0.717) is 12.2 Å². The van der Waals surface area contributed by atoms with Crippen LogP contribution in [0.15, 0.2) is 21.4 Å². The van der Waals surface area contributed by atoms with E-state index in [1.165, 1.54) is 15.8 Å². The van der Waals surface area contributed by atoms with Crippen molar-refractivity contribution >= 4 is 6.20 Å². The van der Waals surface area contributed by atoms with Crippen molar-refractivity contribution in [2.24, 2.45) is 0 Å². The first kappa shape index (κ1) is 12.7. The number of hydrogen-bond donors (Lipinski definition) is 2. The molecule has 1 aromatic rings. The summed E-state index contributed by atoms with van der Waals surface area (Å²) in [6.45, 7) is 1.83. The van der Waals surface area contributed by atoms with Gasteiger partial charge in [-0.2, -0.15) is 5.06 Å². The van der Waals surface area contributed by atoms with Gasteiger partial charge in [-0.05, 0) is 12.5 Å². The molecule has 98 valence electrons. The van der Waals surface area contributed by atoms with Crippen LogP contribution in [0.3, 0.4) is 0 Å². The fourth-order valence-corrected chi connectivity index (χ4v) is 1.81. The molecule has 2 N–H and O–H groups in total. The number of rotatable bonds is 2. The van der Waals surface area contributed by atoms with Crippen molar-refractivity contribution in [3.05, 3.63) is 38.2 Å². The number of H-pyrrole nitrogens is 1. The fraction of sp³-hybridized carbons (Fsp3) is 0.455. The van der Waals surface area contributed by atoms with Gasteiger partial charge in [-0.15, -0.1) is 0 Å². The first-order valence-electron chi connectivity index (χ1n) is 5.52. The summed E-state index contributed by atoms with van der Waals surface area (Å²) in [6.07, 6.45) is 3.04. The van der Waals surface area contributed by atoms with Crippen LogP contribution in [0.1, 0.15) is 5.56 Å². The number of aromatic nitrogens is 2. The summed E-state index contributed by atoms with van der Waals surface area (Å²) in [4.78, 5) is 30.3. The third kappa shape index (κ3) is 2.28. The van der Waals surface area contributed by atoms with E-state index in [1.807, 2.05) is 0 Å². The average Bonchev–Trinajstić information content (AvgIpc) is 2.67. The molecule has 1 aliphatic heterocycles. The maximum Gasteiger partial charge on any atom is 0.332 e. The second kappa shape index (κ2) is 4.89. The van der Waals surface area contributed by atoms with Crippen LogP contribution in [0.25, 0.3) is 6.20 Å². The molecule has 0 radical (unpaired) electrons. The lowest BCUT2D eigenvalue weighted by Crippen LogP contribution is -2.31. The SMILES string of the molecule is Cc1cn(/C=C2\CON(C)C2CO)c(=O)[nH]c1=O. The van der Waals surface area contributed by atoms with Crippen molar-refractivity contribution < 1.29 is 9.94 Å². The Bertz CT molecular complexity index is 587. The van der Waals surface area contributed by atoms with Gasteiger partial charge in [0, 0.05) is 25.0 Å². The molecular formula is C11H15N3O4. The van der Waals surface area contributed by atoms with E-state index in [0.717, 1.165) is 5.57 Å². The van der Waals surface area contributed by atoms with Gasteiger partial charge in [0.05, 0.1) is 19.3 Å². The second-order valence-electron chi connectivity index (χ2n) is 4.20. The highest BCUT2D eigenvalue weighted by atomic mass is 16.7. The van der Waals surface area contributed by atoms with Gasteiger partial charge in [-0.3, -0.25) is 19.2 Å². The highest BCUT2D eigenvalue weighted by Gasteiger charge is 2.27. The van der Waals surface area contributed by atoms with Crippen molar-refractivity contribution in [1.29, 1.82) is 0 Å². The summed E-state index contributed by atoms with van der Waals surface area (Å²) in [7, 11) is 1.71. The molecule has 0 spiro atoms. The first-order valence-corrected chi connectivity index (χ1v) is 5.52. The number of aliphatic hydroxyl groups is 1. The number of nitrogens with one attached hydrogen (secondary N) is 1. The van der Waals surface area contributed by atoms with Gasteiger partial charge in [0.15, 0.2) is 0 Å². The van der Waals surface area contributed by atoms with Crippen LogP contribution in [-0.4, -0.2) is 46.0 Å². The van der Waals surface area contributed by atoms with Crippen molar-refractivity contribution in [1.82, 2.24) is 14.6 Å². The zero-order valence-corrected chi connectivity index (χ0v) is 10.2. The molecule has 18 heavy (non-hydrogen) atoms. The molecule has 7 heteroatoms. The predicted molar refractivity (Wildman–Crippen MR) is 64.9 cm³/mol. The zero-order valence-electron chi connectivity index (χ0n) is 10.2. The van der Waals surface area contributed by atoms with E-state index in [-0.39, 0.29) is 12.6 Å². The Morgan fingerprint density at radius 1 is 1.61 bits per heavy atom. The summed E-state index contributed by atoms with van der Waals surface area (Å²) >= 11 is 0. The summed E-state index contributed by atoms with van der Waals surface area (Å²) < 4.78 is 1.29. The van der Waals surface area contributed by atoms with E-state index in [9.17, 15) is 14.7 Å². The summed E-state index contributed by atoms with van der Waals surface area (Å²) in [5.41, 5.74) is 0.310. The molecule has 1 aliphatic rings. The van der Waals surface area contributed by atoms with E-state index < -0.39 is 11.2 Å². The highest BCUT2D eigenvalue weighted by Crippen LogP contribution is 2.18. The Morgan fingerprint density at radius 3 is 3.00 bits per heavy atom.